The van der Waals surface area contributed by atoms with E-state index in [0.29, 0.717) is 11.5 Å². The monoisotopic (exact) mass is 512 g/mol. The van der Waals surface area contributed by atoms with Gasteiger partial charge < -0.3 is 14.9 Å². The zero-order valence-electron chi connectivity index (χ0n) is 22.7. The topological polar surface area (TPSA) is 43.8 Å². The number of amides is 1. The normalized spacial score (nSPS) is 41.8. The summed E-state index contributed by atoms with van der Waals surface area (Å²) in [7, 11) is 4.06. The molecule has 1 heterocycles. The first-order chi connectivity index (χ1) is 17.6. The molecule has 1 saturated heterocycles. The summed E-state index contributed by atoms with van der Waals surface area (Å²) in [5.41, 5.74) is 2.30. The molecule has 0 bridgehead atoms. The van der Waals surface area contributed by atoms with Gasteiger partial charge in [0, 0.05) is 25.7 Å². The quantitative estimate of drug-likeness (QED) is 0.527. The maximum absolute atomic E-state index is 13.7. The smallest absolute Gasteiger partial charge is 0.256 e. The van der Waals surface area contributed by atoms with E-state index < -0.39 is 23.6 Å². The van der Waals surface area contributed by atoms with Crippen molar-refractivity contribution >= 4 is 5.91 Å². The lowest BCUT2D eigenvalue weighted by Gasteiger charge is -2.58. The molecular weight excluding hydrogens is 470 g/mol. The predicted molar refractivity (Wildman–Crippen MR) is 139 cm³/mol. The lowest BCUT2D eigenvalue weighted by Crippen LogP contribution is -2.53. The fourth-order valence-electron chi connectivity index (χ4n) is 9.97. The van der Waals surface area contributed by atoms with Crippen molar-refractivity contribution in [3.05, 3.63) is 47.0 Å². The second kappa shape index (κ2) is 8.87. The first-order valence-corrected chi connectivity index (χ1v) is 14.4. The Morgan fingerprint density at radius 2 is 1.86 bits per heavy atom. The predicted octanol–water partition coefficient (Wildman–Crippen LogP) is 5.72. The van der Waals surface area contributed by atoms with E-state index in [-0.39, 0.29) is 17.0 Å². The molecule has 9 unspecified atom stereocenters. The van der Waals surface area contributed by atoms with Crippen molar-refractivity contribution in [3.8, 4) is 0 Å². The average Bonchev–Trinajstić information content (AvgIpc) is 3.37. The summed E-state index contributed by atoms with van der Waals surface area (Å²) in [6, 6.07) is 3.88. The summed E-state index contributed by atoms with van der Waals surface area (Å²) in [5, 5.41) is 10.6. The van der Waals surface area contributed by atoms with Crippen LogP contribution in [-0.2, 0) is 4.79 Å². The van der Waals surface area contributed by atoms with Gasteiger partial charge in [-0.15, -0.1) is 0 Å². The minimum atomic E-state index is -1.49. The Hall–Kier alpha value is -1.79. The minimum Gasteiger partial charge on any atom is -0.378 e. The Balaban J connectivity index is 1.18. The molecule has 1 aromatic rings. The molecule has 4 fully saturated rings. The van der Waals surface area contributed by atoms with E-state index in [1.807, 2.05) is 0 Å². The highest BCUT2D eigenvalue weighted by Gasteiger charge is 2.64. The number of aliphatic hydroxyl groups is 1. The number of allylic oxidation sites excluding steroid dienone is 1. The number of carbonyl (C=O) groups is 1. The molecule has 0 aromatic heterocycles. The molecule has 4 nitrogen and oxygen atoms in total. The van der Waals surface area contributed by atoms with Crippen LogP contribution in [0.25, 0.3) is 0 Å². The third-order valence-electron chi connectivity index (χ3n) is 12.1. The van der Waals surface area contributed by atoms with Crippen LogP contribution in [0.1, 0.15) is 76.9 Å². The van der Waals surface area contributed by atoms with Crippen LogP contribution in [-0.4, -0.2) is 53.5 Å². The first-order valence-electron chi connectivity index (χ1n) is 14.4. The summed E-state index contributed by atoms with van der Waals surface area (Å²) < 4.78 is 27.0. The zero-order chi connectivity index (χ0) is 26.3. The number of fused-ring (bicyclic) bond motifs is 4. The molecule has 6 heteroatoms. The molecule has 3 saturated carbocycles. The van der Waals surface area contributed by atoms with Crippen LogP contribution >= 0.6 is 0 Å². The van der Waals surface area contributed by atoms with Gasteiger partial charge in [-0.1, -0.05) is 24.6 Å². The third-order valence-corrected chi connectivity index (χ3v) is 12.1. The van der Waals surface area contributed by atoms with Gasteiger partial charge in [-0.25, -0.2) is 8.78 Å². The number of likely N-dealkylation sites (N-methyl/N-ethyl adjacent to an activating group) is 1. The van der Waals surface area contributed by atoms with Crippen molar-refractivity contribution in [2.75, 3.05) is 20.6 Å². The van der Waals surface area contributed by atoms with E-state index in [0.717, 1.165) is 61.5 Å². The van der Waals surface area contributed by atoms with E-state index in [9.17, 15) is 18.7 Å². The maximum Gasteiger partial charge on any atom is 0.256 e. The number of nitrogens with zero attached hydrogens (tertiary/aromatic N) is 2. The molecule has 4 aliphatic carbocycles. The lowest BCUT2D eigenvalue weighted by molar-refractivity contribution is -0.142. The van der Waals surface area contributed by atoms with Crippen LogP contribution < -0.4 is 0 Å². The van der Waals surface area contributed by atoms with Gasteiger partial charge in [-0.05, 0) is 118 Å². The zero-order valence-corrected chi connectivity index (χ0v) is 22.7. The standard InChI is InChI=1S/C31H42F2N2O2/c1-18-23-8-9-25-22-7-6-20-16-21(35(4)29(37)28(36)19-5-10-26(32)27(33)15-19)11-13-30(20,2)24(22)12-14-31(23,25)17-34(18)3/h5-6,10,15,18,21-25,28,36H,7-9,11-14,16-17H2,1-4H3. The molecule has 9 atom stereocenters. The molecule has 1 N–H and O–H groups in total. The highest BCUT2D eigenvalue weighted by Crippen LogP contribution is 2.68. The molecule has 5 aliphatic rings. The molecule has 1 spiro atoms. The molecule has 202 valence electrons. The molecular formula is C31H42F2N2O2. The summed E-state index contributed by atoms with van der Waals surface area (Å²) in [4.78, 5) is 17.4. The number of hydrogen-bond donors (Lipinski definition) is 1. The summed E-state index contributed by atoms with van der Waals surface area (Å²) in [6.45, 7) is 6.20. The number of benzene rings is 1. The summed E-state index contributed by atoms with van der Waals surface area (Å²) in [5.74, 6) is 0.704. The maximum atomic E-state index is 13.7. The van der Waals surface area contributed by atoms with E-state index in [1.165, 1.54) is 43.9 Å². The number of hydrogen-bond acceptors (Lipinski definition) is 3. The Morgan fingerprint density at radius 3 is 2.62 bits per heavy atom. The van der Waals surface area contributed by atoms with Crippen molar-refractivity contribution in [2.24, 2.45) is 34.5 Å². The molecule has 1 amide bonds. The van der Waals surface area contributed by atoms with E-state index in [4.69, 9.17) is 0 Å². The van der Waals surface area contributed by atoms with Crippen molar-refractivity contribution in [2.45, 2.75) is 83.4 Å². The van der Waals surface area contributed by atoms with Gasteiger partial charge in [0.15, 0.2) is 17.7 Å². The molecule has 6 rings (SSSR count). The van der Waals surface area contributed by atoms with Gasteiger partial charge >= 0.3 is 0 Å². The van der Waals surface area contributed by atoms with Gasteiger partial charge in [-0.2, -0.15) is 0 Å². The van der Waals surface area contributed by atoms with Crippen LogP contribution in [0.2, 0.25) is 0 Å². The SMILES string of the molecule is CC1C2CCC3C4CC=C5CC(N(C)C(=O)C(O)c6ccc(F)c(F)c6)CCC5(C)C4CCC32CN1C. The van der Waals surface area contributed by atoms with Crippen LogP contribution in [0, 0.1) is 46.1 Å². The van der Waals surface area contributed by atoms with Crippen molar-refractivity contribution < 1.29 is 18.7 Å². The molecule has 37 heavy (non-hydrogen) atoms. The highest BCUT2D eigenvalue weighted by atomic mass is 19.2. The molecule has 1 aromatic carbocycles. The second-order valence-corrected chi connectivity index (χ2v) is 13.3. The Kier molecular flexibility index (Phi) is 6.11. The van der Waals surface area contributed by atoms with E-state index >= 15 is 0 Å². The van der Waals surface area contributed by atoms with Crippen LogP contribution in [0.3, 0.4) is 0 Å². The number of likely N-dealkylation sites (tertiary alicyclic amines) is 1. The van der Waals surface area contributed by atoms with E-state index in [1.54, 1.807) is 11.9 Å². The van der Waals surface area contributed by atoms with Crippen LogP contribution in [0.5, 0.6) is 0 Å². The number of halogens is 2. The van der Waals surface area contributed by atoms with Gasteiger partial charge in [0.05, 0.1) is 0 Å². The van der Waals surface area contributed by atoms with Gasteiger partial charge in [-0.3, -0.25) is 4.79 Å². The van der Waals surface area contributed by atoms with Gasteiger partial charge in [0.1, 0.15) is 0 Å². The Morgan fingerprint density at radius 1 is 1.11 bits per heavy atom. The third kappa shape index (κ3) is 3.68. The lowest BCUT2D eigenvalue weighted by atomic mass is 9.47. The van der Waals surface area contributed by atoms with Crippen LogP contribution in [0.15, 0.2) is 29.8 Å². The van der Waals surface area contributed by atoms with Gasteiger partial charge in [0.25, 0.3) is 5.91 Å². The largest absolute Gasteiger partial charge is 0.378 e. The molecule has 1 aliphatic heterocycles. The fourth-order valence-corrected chi connectivity index (χ4v) is 9.97. The minimum absolute atomic E-state index is 0.0124. The van der Waals surface area contributed by atoms with Crippen molar-refractivity contribution in [1.82, 2.24) is 9.80 Å². The number of aliphatic hydroxyl groups excluding tert-OH is 1. The first kappa shape index (κ1) is 25.5. The number of carbonyl (C=O) groups excluding carboxylic acids is 1. The average molecular weight is 513 g/mol. The Labute approximate surface area is 220 Å². The van der Waals surface area contributed by atoms with Crippen molar-refractivity contribution in [3.63, 3.8) is 0 Å². The molecule has 0 radical (unpaired) electrons. The Bertz CT molecular complexity index is 1120. The van der Waals surface area contributed by atoms with Gasteiger partial charge in [0.2, 0.25) is 0 Å². The fraction of sp³-hybridized carbons (Fsp3) is 0.710. The summed E-state index contributed by atoms with van der Waals surface area (Å²) >= 11 is 0. The summed E-state index contributed by atoms with van der Waals surface area (Å²) in [6.07, 6.45) is 10.5. The van der Waals surface area contributed by atoms with E-state index in [2.05, 4.69) is 31.9 Å². The van der Waals surface area contributed by atoms with Crippen molar-refractivity contribution in [1.29, 1.82) is 0 Å². The number of rotatable bonds is 3. The highest BCUT2D eigenvalue weighted by molar-refractivity contribution is 5.82. The van der Waals surface area contributed by atoms with Crippen LogP contribution in [0.4, 0.5) is 8.78 Å². The second-order valence-electron chi connectivity index (χ2n) is 13.3.